The lowest BCUT2D eigenvalue weighted by molar-refractivity contribution is 0.171. The van der Waals surface area contributed by atoms with Crippen LogP contribution in [0.4, 0.5) is 0 Å². The number of aryl methyl sites for hydroxylation is 1. The molecule has 32 heavy (non-hydrogen) atoms. The number of piperazine rings is 1. The molecule has 0 atom stereocenters. The number of guanidine groups is 1. The number of benzene rings is 1. The standard InChI is InChI=1S/C22H33N7O2.HI/c1-4-5-8-23-22(24-14-21-26-25-17(2)27(21)3)29-11-9-28(10-12-29)15-18-6-7-19-20(13-18)31-16-30-19;/h6-7,13H,4-5,8-12,14-16H2,1-3H3,(H,23,24);1H. The molecular weight excluding hydrogens is 521 g/mol. The van der Waals surface area contributed by atoms with Gasteiger partial charge in [-0.05, 0) is 31.0 Å². The highest BCUT2D eigenvalue weighted by atomic mass is 127. The van der Waals surface area contributed by atoms with Crippen molar-refractivity contribution in [1.29, 1.82) is 0 Å². The van der Waals surface area contributed by atoms with E-state index in [-0.39, 0.29) is 24.0 Å². The lowest BCUT2D eigenvalue weighted by Crippen LogP contribution is -2.52. The van der Waals surface area contributed by atoms with E-state index in [4.69, 9.17) is 14.5 Å². The van der Waals surface area contributed by atoms with Gasteiger partial charge in [0, 0.05) is 46.3 Å². The van der Waals surface area contributed by atoms with Crippen molar-refractivity contribution in [3.8, 4) is 11.5 Å². The van der Waals surface area contributed by atoms with Crippen LogP contribution in [-0.4, -0.2) is 70.0 Å². The van der Waals surface area contributed by atoms with Crippen molar-refractivity contribution >= 4 is 29.9 Å². The lowest BCUT2D eigenvalue weighted by Gasteiger charge is -2.36. The summed E-state index contributed by atoms with van der Waals surface area (Å²) in [7, 11) is 1.99. The van der Waals surface area contributed by atoms with Crippen LogP contribution in [0.15, 0.2) is 23.2 Å². The van der Waals surface area contributed by atoms with Gasteiger partial charge in [0.25, 0.3) is 0 Å². The fraction of sp³-hybridized carbons (Fsp3) is 0.591. The molecule has 2 aromatic rings. The van der Waals surface area contributed by atoms with Gasteiger partial charge >= 0.3 is 0 Å². The van der Waals surface area contributed by atoms with Crippen LogP contribution in [0.5, 0.6) is 11.5 Å². The molecular formula is C22H34IN7O2. The maximum atomic E-state index is 5.51. The molecule has 1 N–H and O–H groups in total. The van der Waals surface area contributed by atoms with Gasteiger partial charge < -0.3 is 24.3 Å². The molecule has 9 nitrogen and oxygen atoms in total. The molecule has 0 spiro atoms. The van der Waals surface area contributed by atoms with Gasteiger partial charge in [0.15, 0.2) is 23.3 Å². The Balaban J connectivity index is 0.00000289. The SMILES string of the molecule is CCCCNC(=NCc1nnc(C)n1C)N1CCN(Cc2ccc3c(c2)OCO3)CC1.I. The normalized spacial score (nSPS) is 16.2. The first-order chi connectivity index (χ1) is 15.1. The third kappa shape index (κ3) is 6.03. The second-order valence-corrected chi connectivity index (χ2v) is 8.09. The highest BCUT2D eigenvalue weighted by Crippen LogP contribution is 2.32. The van der Waals surface area contributed by atoms with Crippen LogP contribution in [0.1, 0.15) is 37.0 Å². The highest BCUT2D eigenvalue weighted by Gasteiger charge is 2.21. The van der Waals surface area contributed by atoms with E-state index < -0.39 is 0 Å². The molecule has 0 saturated carbocycles. The van der Waals surface area contributed by atoms with Crippen LogP contribution in [0.3, 0.4) is 0 Å². The number of hydrogen-bond donors (Lipinski definition) is 1. The molecule has 0 bridgehead atoms. The summed E-state index contributed by atoms with van der Waals surface area (Å²) in [5.41, 5.74) is 1.25. The highest BCUT2D eigenvalue weighted by molar-refractivity contribution is 14.0. The van der Waals surface area contributed by atoms with Crippen LogP contribution in [0.2, 0.25) is 0 Å². The summed E-state index contributed by atoms with van der Waals surface area (Å²) in [6.07, 6.45) is 2.29. The van der Waals surface area contributed by atoms with E-state index in [2.05, 4.69) is 44.4 Å². The molecule has 0 aliphatic carbocycles. The summed E-state index contributed by atoms with van der Waals surface area (Å²) in [4.78, 5) is 9.70. The van der Waals surface area contributed by atoms with Gasteiger partial charge in [-0.2, -0.15) is 0 Å². The Labute approximate surface area is 207 Å². The minimum atomic E-state index is 0. The molecule has 2 aliphatic rings. The molecule has 1 aromatic carbocycles. The van der Waals surface area contributed by atoms with Crippen molar-refractivity contribution < 1.29 is 9.47 Å². The Hall–Kier alpha value is -2.08. The number of aromatic nitrogens is 3. The van der Waals surface area contributed by atoms with Crippen LogP contribution in [-0.2, 0) is 20.1 Å². The number of nitrogens with one attached hydrogen (secondary N) is 1. The molecule has 0 unspecified atom stereocenters. The molecule has 2 aliphatic heterocycles. The summed E-state index contributed by atoms with van der Waals surface area (Å²) < 4.78 is 12.9. The first-order valence-electron chi connectivity index (χ1n) is 11.1. The quantitative estimate of drug-likeness (QED) is 0.244. The van der Waals surface area contributed by atoms with Crippen molar-refractivity contribution in [2.24, 2.45) is 12.0 Å². The first-order valence-corrected chi connectivity index (χ1v) is 11.1. The lowest BCUT2D eigenvalue weighted by atomic mass is 10.1. The smallest absolute Gasteiger partial charge is 0.231 e. The Morgan fingerprint density at radius 2 is 1.91 bits per heavy atom. The number of aliphatic imine (C=N–C) groups is 1. The molecule has 1 aromatic heterocycles. The van der Waals surface area contributed by atoms with Gasteiger partial charge in [-0.3, -0.25) is 4.90 Å². The van der Waals surface area contributed by atoms with Crippen molar-refractivity contribution in [1.82, 2.24) is 29.9 Å². The first kappa shape index (κ1) is 24.6. The number of unbranched alkanes of at least 4 members (excludes halogenated alkanes) is 1. The zero-order valence-electron chi connectivity index (χ0n) is 19.2. The Morgan fingerprint density at radius 3 is 2.62 bits per heavy atom. The number of halogens is 1. The van der Waals surface area contributed by atoms with Gasteiger partial charge in [-0.15, -0.1) is 34.2 Å². The molecule has 0 amide bonds. The maximum Gasteiger partial charge on any atom is 0.231 e. The summed E-state index contributed by atoms with van der Waals surface area (Å²) in [5, 5.41) is 11.9. The van der Waals surface area contributed by atoms with Crippen LogP contribution < -0.4 is 14.8 Å². The van der Waals surface area contributed by atoms with E-state index in [1.807, 2.05) is 24.6 Å². The van der Waals surface area contributed by atoms with E-state index in [0.717, 1.165) is 81.2 Å². The van der Waals surface area contributed by atoms with E-state index in [1.54, 1.807) is 0 Å². The van der Waals surface area contributed by atoms with Gasteiger partial charge in [-0.1, -0.05) is 19.4 Å². The predicted molar refractivity (Wildman–Crippen MR) is 135 cm³/mol. The summed E-state index contributed by atoms with van der Waals surface area (Å²) >= 11 is 0. The number of hydrogen-bond acceptors (Lipinski definition) is 6. The van der Waals surface area contributed by atoms with Gasteiger partial charge in [0.2, 0.25) is 6.79 Å². The summed E-state index contributed by atoms with van der Waals surface area (Å²) in [5.74, 6) is 4.45. The fourth-order valence-electron chi connectivity index (χ4n) is 3.79. The predicted octanol–water partition coefficient (Wildman–Crippen LogP) is 2.53. The molecule has 3 heterocycles. The fourth-order valence-corrected chi connectivity index (χ4v) is 3.79. The van der Waals surface area contributed by atoms with E-state index in [0.29, 0.717) is 13.3 Å². The molecule has 10 heteroatoms. The van der Waals surface area contributed by atoms with Crippen LogP contribution in [0, 0.1) is 6.92 Å². The number of nitrogens with zero attached hydrogens (tertiary/aromatic N) is 6. The number of rotatable bonds is 7. The third-order valence-electron chi connectivity index (χ3n) is 5.88. The topological polar surface area (TPSA) is 80.0 Å². The average molecular weight is 555 g/mol. The monoisotopic (exact) mass is 555 g/mol. The van der Waals surface area contributed by atoms with E-state index in [1.165, 1.54) is 5.56 Å². The molecule has 4 rings (SSSR count). The molecule has 0 radical (unpaired) electrons. The second-order valence-electron chi connectivity index (χ2n) is 8.09. The van der Waals surface area contributed by atoms with Gasteiger partial charge in [0.1, 0.15) is 12.4 Å². The molecule has 1 saturated heterocycles. The maximum absolute atomic E-state index is 5.51. The molecule has 1 fully saturated rings. The Bertz CT molecular complexity index is 910. The summed E-state index contributed by atoms with van der Waals surface area (Å²) in [6.45, 7) is 10.7. The van der Waals surface area contributed by atoms with Gasteiger partial charge in [0.05, 0.1) is 0 Å². The zero-order valence-corrected chi connectivity index (χ0v) is 21.5. The number of ether oxygens (including phenoxy) is 2. The van der Waals surface area contributed by atoms with Gasteiger partial charge in [-0.25, -0.2) is 4.99 Å². The minimum Gasteiger partial charge on any atom is -0.454 e. The third-order valence-corrected chi connectivity index (χ3v) is 5.88. The Kier molecular flexibility index (Phi) is 8.97. The molecule has 176 valence electrons. The largest absolute Gasteiger partial charge is 0.454 e. The van der Waals surface area contributed by atoms with Crippen LogP contribution >= 0.6 is 24.0 Å². The second kappa shape index (κ2) is 11.7. The van der Waals surface area contributed by atoms with Crippen molar-refractivity contribution in [2.75, 3.05) is 39.5 Å². The minimum absolute atomic E-state index is 0. The van der Waals surface area contributed by atoms with E-state index in [9.17, 15) is 0 Å². The Morgan fingerprint density at radius 1 is 1.12 bits per heavy atom. The average Bonchev–Trinajstić information content (AvgIpc) is 3.38. The van der Waals surface area contributed by atoms with E-state index >= 15 is 0 Å². The van der Waals surface area contributed by atoms with Crippen molar-refractivity contribution in [3.05, 3.63) is 35.4 Å². The van der Waals surface area contributed by atoms with Crippen molar-refractivity contribution in [2.45, 2.75) is 39.8 Å². The number of fused-ring (bicyclic) bond motifs is 1. The summed E-state index contributed by atoms with van der Waals surface area (Å²) in [6, 6.07) is 6.23. The van der Waals surface area contributed by atoms with Crippen molar-refractivity contribution in [3.63, 3.8) is 0 Å². The van der Waals surface area contributed by atoms with Crippen LogP contribution in [0.25, 0.3) is 0 Å². The zero-order chi connectivity index (χ0) is 21.6.